The van der Waals surface area contributed by atoms with Crippen LogP contribution in [0.15, 0.2) is 24.3 Å². The van der Waals surface area contributed by atoms with Gasteiger partial charge in [-0.25, -0.2) is 4.79 Å². The van der Waals surface area contributed by atoms with E-state index in [4.69, 9.17) is 9.84 Å². The fourth-order valence-corrected chi connectivity index (χ4v) is 2.81. The zero-order valence-corrected chi connectivity index (χ0v) is 13.6. The van der Waals surface area contributed by atoms with Crippen molar-refractivity contribution in [2.24, 2.45) is 5.92 Å². The highest BCUT2D eigenvalue weighted by Crippen LogP contribution is 2.25. The quantitative estimate of drug-likeness (QED) is 0.874. The number of carbonyl (C=O) groups excluding carboxylic acids is 1. The number of piperidine rings is 1. The zero-order chi connectivity index (χ0) is 16.8. The smallest absolute Gasteiger partial charge is 0.317 e. The third kappa shape index (κ3) is 4.37. The minimum absolute atomic E-state index is 0.160. The number of nitrogens with one attached hydrogen (secondary N) is 1. The van der Waals surface area contributed by atoms with Gasteiger partial charge < -0.3 is 20.1 Å². The van der Waals surface area contributed by atoms with E-state index in [2.05, 4.69) is 5.32 Å². The van der Waals surface area contributed by atoms with Crippen LogP contribution in [0.1, 0.15) is 38.3 Å². The number of carboxylic acids is 1. The minimum Gasteiger partial charge on any atom is -0.494 e. The minimum atomic E-state index is -0.774. The van der Waals surface area contributed by atoms with Gasteiger partial charge in [0.25, 0.3) is 0 Å². The van der Waals surface area contributed by atoms with Gasteiger partial charge in [0.2, 0.25) is 0 Å². The zero-order valence-electron chi connectivity index (χ0n) is 13.6. The molecule has 0 bridgehead atoms. The number of amides is 2. The van der Waals surface area contributed by atoms with Crippen molar-refractivity contribution >= 4 is 12.0 Å². The number of nitrogens with zero attached hydrogens (tertiary/aromatic N) is 1. The van der Waals surface area contributed by atoms with Gasteiger partial charge in [-0.2, -0.15) is 0 Å². The molecular formula is C17H24N2O4. The molecule has 1 aromatic rings. The molecule has 1 aromatic carbocycles. The van der Waals surface area contributed by atoms with Crippen molar-refractivity contribution in [1.82, 2.24) is 10.2 Å². The maximum atomic E-state index is 12.4. The number of benzene rings is 1. The molecule has 0 aliphatic carbocycles. The third-order valence-corrected chi connectivity index (χ3v) is 4.16. The Labute approximate surface area is 136 Å². The molecule has 1 aliphatic heterocycles. The SMILES string of the molecule is CCOc1ccccc1C(C)NC(=O)N1CCC(C(=O)O)CC1. The van der Waals surface area contributed by atoms with Crippen molar-refractivity contribution in [2.75, 3.05) is 19.7 Å². The van der Waals surface area contributed by atoms with Crippen LogP contribution in [-0.2, 0) is 4.79 Å². The first-order valence-electron chi connectivity index (χ1n) is 8.03. The molecule has 2 amide bonds. The summed E-state index contributed by atoms with van der Waals surface area (Å²) >= 11 is 0. The lowest BCUT2D eigenvalue weighted by atomic mass is 9.97. The summed E-state index contributed by atoms with van der Waals surface area (Å²) in [6.45, 7) is 5.36. The average Bonchev–Trinajstić information content (AvgIpc) is 2.55. The van der Waals surface area contributed by atoms with E-state index >= 15 is 0 Å². The molecule has 0 aromatic heterocycles. The largest absolute Gasteiger partial charge is 0.494 e. The Balaban J connectivity index is 1.94. The molecule has 2 rings (SSSR count). The maximum Gasteiger partial charge on any atom is 0.317 e. The molecule has 1 fully saturated rings. The molecule has 6 heteroatoms. The predicted octanol–water partition coefficient (Wildman–Crippen LogP) is 2.65. The van der Waals surface area contributed by atoms with Crippen LogP contribution in [0.3, 0.4) is 0 Å². The highest BCUT2D eigenvalue weighted by Gasteiger charge is 2.27. The van der Waals surface area contributed by atoms with E-state index < -0.39 is 5.97 Å². The molecule has 0 spiro atoms. The molecule has 1 unspecified atom stereocenters. The van der Waals surface area contributed by atoms with E-state index in [1.807, 2.05) is 38.1 Å². The van der Waals surface area contributed by atoms with Crippen molar-refractivity contribution in [1.29, 1.82) is 0 Å². The Bertz CT molecular complexity index is 553. The Morgan fingerprint density at radius 1 is 1.35 bits per heavy atom. The van der Waals surface area contributed by atoms with Gasteiger partial charge in [0, 0.05) is 18.7 Å². The second-order valence-electron chi connectivity index (χ2n) is 5.74. The summed E-state index contributed by atoms with van der Waals surface area (Å²) in [6, 6.07) is 7.31. The molecule has 2 N–H and O–H groups in total. The molecule has 6 nitrogen and oxygen atoms in total. The molecule has 0 saturated carbocycles. The predicted molar refractivity (Wildman–Crippen MR) is 86.5 cm³/mol. The summed E-state index contributed by atoms with van der Waals surface area (Å²) in [4.78, 5) is 25.0. The van der Waals surface area contributed by atoms with E-state index in [9.17, 15) is 9.59 Å². The van der Waals surface area contributed by atoms with Gasteiger partial charge >= 0.3 is 12.0 Å². The standard InChI is InChI=1S/C17H24N2O4/c1-3-23-15-7-5-4-6-14(15)12(2)18-17(22)19-10-8-13(9-11-19)16(20)21/h4-7,12-13H,3,8-11H2,1-2H3,(H,18,22)(H,20,21). The first-order chi connectivity index (χ1) is 11.0. The van der Waals surface area contributed by atoms with Gasteiger partial charge in [-0.05, 0) is 32.8 Å². The number of urea groups is 1. The van der Waals surface area contributed by atoms with Crippen LogP contribution in [0.4, 0.5) is 4.79 Å². The summed E-state index contributed by atoms with van der Waals surface area (Å²) in [5.74, 6) is -0.341. The summed E-state index contributed by atoms with van der Waals surface area (Å²) in [6.07, 6.45) is 1.01. The Morgan fingerprint density at radius 2 is 2.00 bits per heavy atom. The van der Waals surface area contributed by atoms with Gasteiger partial charge in [-0.15, -0.1) is 0 Å². The van der Waals surface area contributed by atoms with Gasteiger partial charge in [0.05, 0.1) is 18.6 Å². The highest BCUT2D eigenvalue weighted by atomic mass is 16.5. The molecule has 126 valence electrons. The molecule has 1 aliphatic rings. The van der Waals surface area contributed by atoms with E-state index in [1.165, 1.54) is 0 Å². The number of aliphatic carboxylic acids is 1. The van der Waals surface area contributed by atoms with Crippen molar-refractivity contribution in [3.8, 4) is 5.75 Å². The first kappa shape index (κ1) is 17.1. The van der Waals surface area contributed by atoms with Crippen LogP contribution in [0.2, 0.25) is 0 Å². The lowest BCUT2D eigenvalue weighted by Crippen LogP contribution is -2.46. The molecule has 1 atom stereocenters. The van der Waals surface area contributed by atoms with E-state index in [0.29, 0.717) is 32.5 Å². The molecule has 23 heavy (non-hydrogen) atoms. The van der Waals surface area contributed by atoms with E-state index in [1.54, 1.807) is 4.90 Å². The number of carboxylic acid groups (broad SMARTS) is 1. The number of hydrogen-bond acceptors (Lipinski definition) is 3. The highest BCUT2D eigenvalue weighted by molar-refractivity contribution is 5.76. The van der Waals surface area contributed by atoms with Crippen LogP contribution in [-0.4, -0.2) is 41.7 Å². The number of rotatable bonds is 5. The second kappa shape index (κ2) is 7.85. The fourth-order valence-electron chi connectivity index (χ4n) is 2.81. The van der Waals surface area contributed by atoms with Gasteiger partial charge in [0.1, 0.15) is 5.75 Å². The lowest BCUT2D eigenvalue weighted by Gasteiger charge is -2.31. The summed E-state index contributed by atoms with van der Waals surface area (Å²) in [7, 11) is 0. The van der Waals surface area contributed by atoms with Crippen LogP contribution in [0.5, 0.6) is 5.75 Å². The van der Waals surface area contributed by atoms with Crippen molar-refractivity contribution in [3.05, 3.63) is 29.8 Å². The molecule has 0 radical (unpaired) electrons. The van der Waals surface area contributed by atoms with Crippen molar-refractivity contribution < 1.29 is 19.4 Å². The average molecular weight is 320 g/mol. The number of para-hydroxylation sites is 1. The third-order valence-electron chi connectivity index (χ3n) is 4.16. The van der Waals surface area contributed by atoms with Crippen LogP contribution in [0, 0.1) is 5.92 Å². The fraction of sp³-hybridized carbons (Fsp3) is 0.529. The van der Waals surface area contributed by atoms with Crippen molar-refractivity contribution in [2.45, 2.75) is 32.7 Å². The number of carbonyl (C=O) groups is 2. The maximum absolute atomic E-state index is 12.4. The van der Waals surface area contributed by atoms with Crippen LogP contribution < -0.4 is 10.1 Å². The van der Waals surface area contributed by atoms with Gasteiger partial charge in [-0.3, -0.25) is 4.79 Å². The number of likely N-dealkylation sites (tertiary alicyclic amines) is 1. The second-order valence-corrected chi connectivity index (χ2v) is 5.74. The molecular weight excluding hydrogens is 296 g/mol. The molecule has 1 saturated heterocycles. The van der Waals surface area contributed by atoms with Crippen molar-refractivity contribution in [3.63, 3.8) is 0 Å². The van der Waals surface area contributed by atoms with E-state index in [0.717, 1.165) is 11.3 Å². The summed E-state index contributed by atoms with van der Waals surface area (Å²) in [5, 5.41) is 12.0. The van der Waals surface area contributed by atoms with Crippen LogP contribution in [0.25, 0.3) is 0 Å². The topological polar surface area (TPSA) is 78.9 Å². The van der Waals surface area contributed by atoms with E-state index in [-0.39, 0.29) is 18.0 Å². The van der Waals surface area contributed by atoms with Gasteiger partial charge in [0.15, 0.2) is 0 Å². The Kier molecular flexibility index (Phi) is 5.84. The monoisotopic (exact) mass is 320 g/mol. The summed E-state index contributed by atoms with van der Waals surface area (Å²) in [5.41, 5.74) is 0.933. The normalized spacial score (nSPS) is 16.7. The molecule has 1 heterocycles. The number of ether oxygens (including phenoxy) is 1. The van der Waals surface area contributed by atoms with Gasteiger partial charge in [-0.1, -0.05) is 18.2 Å². The Hall–Kier alpha value is -2.24. The van der Waals surface area contributed by atoms with Crippen LogP contribution >= 0.6 is 0 Å². The summed E-state index contributed by atoms with van der Waals surface area (Å²) < 4.78 is 5.60. The lowest BCUT2D eigenvalue weighted by molar-refractivity contribution is -0.143. The first-order valence-corrected chi connectivity index (χ1v) is 8.03. The number of hydrogen-bond donors (Lipinski definition) is 2. The Morgan fingerprint density at radius 3 is 2.61 bits per heavy atom.